The summed E-state index contributed by atoms with van der Waals surface area (Å²) in [5, 5.41) is 4.36. The van der Waals surface area contributed by atoms with Crippen LogP contribution in [0.15, 0.2) is 59.0 Å². The summed E-state index contributed by atoms with van der Waals surface area (Å²) in [4.78, 5) is 12.2. The number of hydrogen-bond acceptors (Lipinski definition) is 2. The maximum Gasteiger partial charge on any atom is 0.287 e. The molecule has 106 valence electrons. The van der Waals surface area contributed by atoms with E-state index in [4.69, 9.17) is 16.0 Å². The Morgan fingerprint density at radius 1 is 1.14 bits per heavy atom. The number of amides is 1. The molecule has 21 heavy (non-hydrogen) atoms. The molecule has 0 aliphatic carbocycles. The molecule has 0 bridgehead atoms. The van der Waals surface area contributed by atoms with E-state index in [2.05, 4.69) is 5.32 Å². The van der Waals surface area contributed by atoms with Crippen molar-refractivity contribution in [2.24, 2.45) is 0 Å². The maximum atomic E-state index is 12.2. The van der Waals surface area contributed by atoms with Gasteiger partial charge < -0.3 is 9.73 Å². The molecule has 1 atom stereocenters. The van der Waals surface area contributed by atoms with Crippen LogP contribution < -0.4 is 5.32 Å². The summed E-state index contributed by atoms with van der Waals surface area (Å²) in [5.41, 5.74) is 1.70. The molecule has 1 aromatic heterocycles. The van der Waals surface area contributed by atoms with E-state index in [1.807, 2.05) is 37.3 Å². The summed E-state index contributed by atoms with van der Waals surface area (Å²) in [6.45, 7) is 1.94. The molecule has 0 unspecified atom stereocenters. The zero-order valence-electron chi connectivity index (χ0n) is 11.5. The number of carbonyl (C=O) groups excluding carboxylic acids is 1. The third-order valence-electron chi connectivity index (χ3n) is 3.35. The summed E-state index contributed by atoms with van der Waals surface area (Å²) in [6, 6.07) is 16.7. The molecule has 1 N–H and O–H groups in total. The van der Waals surface area contributed by atoms with Crippen molar-refractivity contribution >= 4 is 28.5 Å². The quantitative estimate of drug-likeness (QED) is 0.769. The number of halogens is 1. The highest BCUT2D eigenvalue weighted by atomic mass is 35.5. The van der Waals surface area contributed by atoms with Gasteiger partial charge in [-0.3, -0.25) is 4.79 Å². The second-order valence-corrected chi connectivity index (χ2v) is 5.34. The molecular weight excluding hydrogens is 286 g/mol. The Kier molecular flexibility index (Phi) is 3.67. The highest BCUT2D eigenvalue weighted by Crippen LogP contribution is 2.23. The Hall–Kier alpha value is -2.26. The number of fused-ring (bicyclic) bond motifs is 1. The minimum Gasteiger partial charge on any atom is -0.451 e. The monoisotopic (exact) mass is 299 g/mol. The van der Waals surface area contributed by atoms with E-state index in [-0.39, 0.29) is 17.7 Å². The molecule has 0 spiro atoms. The largest absolute Gasteiger partial charge is 0.451 e. The van der Waals surface area contributed by atoms with Gasteiger partial charge in [0.05, 0.1) is 6.04 Å². The van der Waals surface area contributed by atoms with Gasteiger partial charge >= 0.3 is 0 Å². The Bertz CT molecular complexity index is 780. The second-order valence-electron chi connectivity index (χ2n) is 4.90. The maximum absolute atomic E-state index is 12.2. The topological polar surface area (TPSA) is 42.2 Å². The van der Waals surface area contributed by atoms with Gasteiger partial charge in [-0.1, -0.05) is 41.9 Å². The van der Waals surface area contributed by atoms with E-state index < -0.39 is 0 Å². The van der Waals surface area contributed by atoms with Crippen molar-refractivity contribution in [1.82, 2.24) is 5.32 Å². The van der Waals surface area contributed by atoms with E-state index in [1.54, 1.807) is 24.3 Å². The summed E-state index contributed by atoms with van der Waals surface area (Å²) in [7, 11) is 0. The van der Waals surface area contributed by atoms with Gasteiger partial charge in [-0.05, 0) is 36.8 Å². The average molecular weight is 300 g/mol. The lowest BCUT2D eigenvalue weighted by molar-refractivity contribution is 0.0914. The zero-order valence-corrected chi connectivity index (χ0v) is 12.2. The molecule has 1 amide bonds. The van der Waals surface area contributed by atoms with Crippen molar-refractivity contribution < 1.29 is 9.21 Å². The van der Waals surface area contributed by atoms with Crippen molar-refractivity contribution in [3.8, 4) is 0 Å². The van der Waals surface area contributed by atoms with Crippen LogP contribution in [0.4, 0.5) is 0 Å². The number of rotatable bonds is 3. The van der Waals surface area contributed by atoms with Crippen molar-refractivity contribution in [2.45, 2.75) is 13.0 Å². The summed E-state index contributed by atoms with van der Waals surface area (Å²) >= 11 is 5.93. The molecule has 0 saturated heterocycles. The molecule has 0 aliphatic heterocycles. The number of hydrogen-bond donors (Lipinski definition) is 1. The molecule has 0 saturated carbocycles. The standard InChI is InChI=1S/C17H14ClNO2/c1-11(12-5-3-2-4-6-12)19-17(20)16-10-13-9-14(18)7-8-15(13)21-16/h2-11H,1H3,(H,19,20)/t11-/m0/s1. The molecular formula is C17H14ClNO2. The van der Waals surface area contributed by atoms with Crippen LogP contribution in [0.1, 0.15) is 29.1 Å². The summed E-state index contributed by atoms with van der Waals surface area (Å²) < 4.78 is 5.55. The second kappa shape index (κ2) is 5.62. The van der Waals surface area contributed by atoms with Crippen molar-refractivity contribution in [3.05, 3.63) is 70.9 Å². The third kappa shape index (κ3) is 2.93. The van der Waals surface area contributed by atoms with E-state index in [0.29, 0.717) is 10.6 Å². The van der Waals surface area contributed by atoms with Crippen LogP contribution in [0, 0.1) is 0 Å². The highest BCUT2D eigenvalue weighted by molar-refractivity contribution is 6.31. The normalized spacial score (nSPS) is 12.3. The smallest absolute Gasteiger partial charge is 0.287 e. The first kappa shape index (κ1) is 13.7. The molecule has 3 rings (SSSR count). The van der Waals surface area contributed by atoms with Crippen molar-refractivity contribution in [2.75, 3.05) is 0 Å². The lowest BCUT2D eigenvalue weighted by Crippen LogP contribution is -2.26. The molecule has 0 aliphatic rings. The Morgan fingerprint density at radius 2 is 1.90 bits per heavy atom. The Balaban J connectivity index is 1.80. The summed E-state index contributed by atoms with van der Waals surface area (Å²) in [5.74, 6) is 0.0497. The highest BCUT2D eigenvalue weighted by Gasteiger charge is 2.15. The first-order chi connectivity index (χ1) is 10.1. The van der Waals surface area contributed by atoms with E-state index >= 15 is 0 Å². The SMILES string of the molecule is C[C@H](NC(=O)c1cc2cc(Cl)ccc2o1)c1ccccc1. The third-order valence-corrected chi connectivity index (χ3v) is 3.58. The fourth-order valence-electron chi connectivity index (χ4n) is 2.22. The predicted molar refractivity (Wildman–Crippen MR) is 83.5 cm³/mol. The van der Waals surface area contributed by atoms with Gasteiger partial charge in [0.1, 0.15) is 5.58 Å². The lowest BCUT2D eigenvalue weighted by atomic mass is 10.1. The minimum atomic E-state index is -0.237. The van der Waals surface area contributed by atoms with Gasteiger partial charge in [-0.15, -0.1) is 0 Å². The number of furan rings is 1. The van der Waals surface area contributed by atoms with E-state index in [9.17, 15) is 4.79 Å². The van der Waals surface area contributed by atoms with Gasteiger partial charge in [0.25, 0.3) is 5.91 Å². The molecule has 4 heteroatoms. The number of nitrogens with one attached hydrogen (secondary N) is 1. The first-order valence-electron chi connectivity index (χ1n) is 6.68. The molecule has 3 nitrogen and oxygen atoms in total. The average Bonchev–Trinajstić information content (AvgIpc) is 2.91. The van der Waals surface area contributed by atoms with Gasteiger partial charge in [0.2, 0.25) is 0 Å². The van der Waals surface area contributed by atoms with Crippen LogP contribution in [0.3, 0.4) is 0 Å². The van der Waals surface area contributed by atoms with Crippen LogP contribution >= 0.6 is 11.6 Å². The lowest BCUT2D eigenvalue weighted by Gasteiger charge is -2.12. The number of benzene rings is 2. The fraction of sp³-hybridized carbons (Fsp3) is 0.118. The van der Waals surface area contributed by atoms with Crippen LogP contribution in [0.2, 0.25) is 5.02 Å². The molecule has 0 fully saturated rings. The predicted octanol–water partition coefficient (Wildman–Crippen LogP) is 4.58. The minimum absolute atomic E-state index is 0.0875. The van der Waals surface area contributed by atoms with Gasteiger partial charge in [0.15, 0.2) is 5.76 Å². The van der Waals surface area contributed by atoms with E-state index in [0.717, 1.165) is 10.9 Å². The van der Waals surface area contributed by atoms with Crippen LogP contribution in [0.5, 0.6) is 0 Å². The fourth-order valence-corrected chi connectivity index (χ4v) is 2.40. The molecule has 2 aromatic carbocycles. The van der Waals surface area contributed by atoms with Gasteiger partial charge in [-0.25, -0.2) is 0 Å². The van der Waals surface area contributed by atoms with Crippen LogP contribution in [-0.4, -0.2) is 5.91 Å². The van der Waals surface area contributed by atoms with E-state index in [1.165, 1.54) is 0 Å². The van der Waals surface area contributed by atoms with Crippen molar-refractivity contribution in [1.29, 1.82) is 0 Å². The van der Waals surface area contributed by atoms with Gasteiger partial charge in [-0.2, -0.15) is 0 Å². The summed E-state index contributed by atoms with van der Waals surface area (Å²) in [6.07, 6.45) is 0. The van der Waals surface area contributed by atoms with Crippen molar-refractivity contribution in [3.63, 3.8) is 0 Å². The van der Waals surface area contributed by atoms with Crippen LogP contribution in [-0.2, 0) is 0 Å². The molecule has 1 heterocycles. The molecule has 3 aromatic rings. The van der Waals surface area contributed by atoms with Crippen LogP contribution in [0.25, 0.3) is 11.0 Å². The van der Waals surface area contributed by atoms with Gasteiger partial charge in [0, 0.05) is 10.4 Å². The Labute approximate surface area is 127 Å². The zero-order chi connectivity index (χ0) is 14.8. The number of carbonyl (C=O) groups is 1. The first-order valence-corrected chi connectivity index (χ1v) is 7.06. The molecule has 0 radical (unpaired) electrons. The Morgan fingerprint density at radius 3 is 2.67 bits per heavy atom.